The quantitative estimate of drug-likeness (QED) is 0.208. The van der Waals surface area contributed by atoms with Crippen molar-refractivity contribution < 1.29 is 14.2 Å². The van der Waals surface area contributed by atoms with E-state index < -0.39 is 11.4 Å². The molecule has 1 unspecified atom stereocenters. The van der Waals surface area contributed by atoms with E-state index in [1.54, 1.807) is 57.1 Å². The number of halogens is 1. The number of nitrogens with one attached hydrogen (secondary N) is 2. The van der Waals surface area contributed by atoms with Gasteiger partial charge in [0.15, 0.2) is 11.6 Å². The third kappa shape index (κ3) is 5.58. The normalized spacial score (nSPS) is 12.7. The lowest BCUT2D eigenvalue weighted by molar-refractivity contribution is 0.0979. The van der Waals surface area contributed by atoms with E-state index in [1.165, 1.54) is 11.6 Å². The number of H-pyrrole nitrogens is 1. The highest BCUT2D eigenvalue weighted by Gasteiger charge is 2.28. The highest BCUT2D eigenvalue weighted by atomic mass is 32.2. The van der Waals surface area contributed by atoms with Gasteiger partial charge >= 0.3 is 0 Å². The number of hydrogen-bond acceptors (Lipinski definition) is 5. The van der Waals surface area contributed by atoms with Crippen molar-refractivity contribution in [3.8, 4) is 22.9 Å². The molecular weight excluding hydrogens is 485 g/mol. The molecule has 0 saturated carbocycles. The van der Waals surface area contributed by atoms with Crippen molar-refractivity contribution >= 4 is 23.5 Å². The van der Waals surface area contributed by atoms with Gasteiger partial charge in [0.1, 0.15) is 17.2 Å². The summed E-state index contributed by atoms with van der Waals surface area (Å²) in [6.45, 7) is 7.40. The van der Waals surface area contributed by atoms with Crippen LogP contribution < -0.4 is 10.1 Å². The van der Waals surface area contributed by atoms with Crippen molar-refractivity contribution in [2.75, 3.05) is 24.4 Å². The molecule has 4 rings (SSSR count). The number of aromatic amines is 1. The lowest BCUT2D eigenvalue weighted by Crippen LogP contribution is -2.23. The molecule has 0 fully saturated rings. The Labute approximate surface area is 221 Å². The Bertz CT molecular complexity index is 1410. The SMILES string of the molecule is C=Cc1c(NC)cc(F)c(Oc2cccc(-c3ncc(C(C)(O)c4cccc(CCSC)c4)[nH]3)c2)c1C. The van der Waals surface area contributed by atoms with Crippen molar-refractivity contribution in [3.05, 3.63) is 101 Å². The van der Waals surface area contributed by atoms with Crippen LogP contribution in [0.1, 0.15) is 34.9 Å². The Balaban J connectivity index is 1.61. The fraction of sp³-hybridized carbons (Fsp3) is 0.233. The maximum absolute atomic E-state index is 14.9. The van der Waals surface area contributed by atoms with Gasteiger partial charge in [-0.05, 0) is 55.5 Å². The molecule has 0 bridgehead atoms. The highest BCUT2D eigenvalue weighted by molar-refractivity contribution is 7.98. The fourth-order valence-corrected chi connectivity index (χ4v) is 4.75. The van der Waals surface area contributed by atoms with Crippen LogP contribution in [0.25, 0.3) is 17.5 Å². The zero-order valence-corrected chi connectivity index (χ0v) is 22.4. The second kappa shape index (κ2) is 11.2. The summed E-state index contributed by atoms with van der Waals surface area (Å²) in [5.74, 6) is 1.76. The minimum atomic E-state index is -1.24. The molecule has 192 valence electrons. The Morgan fingerprint density at radius 1 is 1.22 bits per heavy atom. The molecular formula is C30H32FN3O2S. The van der Waals surface area contributed by atoms with Crippen LogP contribution in [0.3, 0.4) is 0 Å². The molecule has 0 aliphatic rings. The number of aliphatic hydroxyl groups is 1. The molecule has 0 amide bonds. The first-order chi connectivity index (χ1) is 17.8. The van der Waals surface area contributed by atoms with Crippen LogP contribution in [0.5, 0.6) is 11.5 Å². The Morgan fingerprint density at radius 2 is 2.00 bits per heavy atom. The molecule has 0 spiro atoms. The van der Waals surface area contributed by atoms with E-state index in [0.717, 1.165) is 28.9 Å². The predicted molar refractivity (Wildman–Crippen MR) is 152 cm³/mol. The van der Waals surface area contributed by atoms with Crippen LogP contribution >= 0.6 is 11.8 Å². The van der Waals surface area contributed by atoms with Crippen LogP contribution in [0.2, 0.25) is 0 Å². The largest absolute Gasteiger partial charge is 0.454 e. The van der Waals surface area contributed by atoms with Gasteiger partial charge in [-0.3, -0.25) is 0 Å². The zero-order chi connectivity index (χ0) is 26.6. The second-order valence-corrected chi connectivity index (χ2v) is 10.0. The summed E-state index contributed by atoms with van der Waals surface area (Å²) < 4.78 is 20.9. The molecule has 7 heteroatoms. The molecule has 0 aliphatic carbocycles. The monoisotopic (exact) mass is 517 g/mol. The standard InChI is InChI=1S/C30H32FN3O2S/c1-6-24-19(2)28(25(31)17-26(24)32-4)36-23-12-8-10-21(16-23)29-33-18-27(34-29)30(3,35)22-11-7-9-20(15-22)13-14-37-5/h6-12,15-18,32,35H,1,13-14H2,2-5H3,(H,33,34). The fourth-order valence-electron chi connectivity index (χ4n) is 4.31. The van der Waals surface area contributed by atoms with E-state index in [2.05, 4.69) is 34.2 Å². The van der Waals surface area contributed by atoms with Crippen LogP contribution in [-0.2, 0) is 12.0 Å². The average molecular weight is 518 g/mol. The summed E-state index contributed by atoms with van der Waals surface area (Å²) in [6, 6.07) is 16.7. The van der Waals surface area contributed by atoms with Crippen LogP contribution in [0.4, 0.5) is 10.1 Å². The van der Waals surface area contributed by atoms with E-state index in [4.69, 9.17) is 4.74 Å². The van der Waals surface area contributed by atoms with E-state index >= 15 is 0 Å². The van der Waals surface area contributed by atoms with E-state index in [-0.39, 0.29) is 5.75 Å². The molecule has 4 aromatic rings. The molecule has 0 radical (unpaired) electrons. The number of ether oxygens (including phenoxy) is 1. The lowest BCUT2D eigenvalue weighted by atomic mass is 9.91. The van der Waals surface area contributed by atoms with E-state index in [1.807, 2.05) is 30.3 Å². The number of anilines is 1. The maximum atomic E-state index is 14.9. The van der Waals surface area contributed by atoms with Gasteiger partial charge in [0, 0.05) is 35.5 Å². The summed E-state index contributed by atoms with van der Waals surface area (Å²) in [7, 11) is 1.74. The van der Waals surface area contributed by atoms with Gasteiger partial charge in [0.2, 0.25) is 0 Å². The number of aryl methyl sites for hydroxylation is 1. The molecule has 5 nitrogen and oxygen atoms in total. The van der Waals surface area contributed by atoms with Gasteiger partial charge in [-0.25, -0.2) is 9.37 Å². The van der Waals surface area contributed by atoms with Crippen LogP contribution in [-0.4, -0.2) is 34.1 Å². The average Bonchev–Trinajstić information content (AvgIpc) is 3.41. The van der Waals surface area contributed by atoms with Gasteiger partial charge in [-0.15, -0.1) is 0 Å². The summed E-state index contributed by atoms with van der Waals surface area (Å²) in [6.07, 6.45) is 6.35. The lowest BCUT2D eigenvalue weighted by Gasteiger charge is -2.23. The summed E-state index contributed by atoms with van der Waals surface area (Å²) in [5.41, 5.74) is 4.15. The smallest absolute Gasteiger partial charge is 0.168 e. The van der Waals surface area contributed by atoms with Crippen molar-refractivity contribution in [2.24, 2.45) is 0 Å². The molecule has 3 N–H and O–H groups in total. The number of aromatic nitrogens is 2. The van der Waals surface area contributed by atoms with Gasteiger partial charge in [-0.2, -0.15) is 11.8 Å². The first-order valence-corrected chi connectivity index (χ1v) is 13.5. The molecule has 1 atom stereocenters. The third-order valence-electron chi connectivity index (χ3n) is 6.51. The minimum absolute atomic E-state index is 0.149. The first kappa shape index (κ1) is 26.5. The molecule has 0 saturated heterocycles. The molecule has 37 heavy (non-hydrogen) atoms. The molecule has 1 heterocycles. The molecule has 3 aromatic carbocycles. The van der Waals surface area contributed by atoms with Crippen molar-refractivity contribution in [3.63, 3.8) is 0 Å². The summed E-state index contributed by atoms with van der Waals surface area (Å²) in [5, 5.41) is 14.4. The first-order valence-electron chi connectivity index (χ1n) is 12.1. The summed E-state index contributed by atoms with van der Waals surface area (Å²) >= 11 is 1.80. The van der Waals surface area contributed by atoms with E-state index in [9.17, 15) is 9.50 Å². The van der Waals surface area contributed by atoms with Crippen LogP contribution in [0, 0.1) is 12.7 Å². The third-order valence-corrected chi connectivity index (χ3v) is 7.12. The second-order valence-electron chi connectivity index (χ2n) is 9.02. The predicted octanol–water partition coefficient (Wildman–Crippen LogP) is 7.16. The van der Waals surface area contributed by atoms with Gasteiger partial charge in [0.05, 0.1) is 11.9 Å². The molecule has 0 aliphatic heterocycles. The number of nitrogens with zero attached hydrogens (tertiary/aromatic N) is 1. The van der Waals surface area contributed by atoms with Gasteiger partial charge in [-0.1, -0.05) is 49.1 Å². The van der Waals surface area contributed by atoms with Crippen LogP contribution in [0.15, 0.2) is 67.4 Å². The van der Waals surface area contributed by atoms with E-state index in [0.29, 0.717) is 28.5 Å². The summed E-state index contributed by atoms with van der Waals surface area (Å²) in [4.78, 5) is 7.78. The van der Waals surface area contributed by atoms with Crippen molar-refractivity contribution in [1.29, 1.82) is 0 Å². The maximum Gasteiger partial charge on any atom is 0.168 e. The number of thioether (sulfide) groups is 1. The Kier molecular flexibility index (Phi) is 8.05. The number of benzene rings is 3. The zero-order valence-electron chi connectivity index (χ0n) is 21.6. The number of hydrogen-bond donors (Lipinski definition) is 3. The van der Waals surface area contributed by atoms with Crippen molar-refractivity contribution in [2.45, 2.75) is 25.9 Å². The topological polar surface area (TPSA) is 70.2 Å². The Hall–Kier alpha value is -3.55. The number of rotatable bonds is 10. The Morgan fingerprint density at radius 3 is 2.73 bits per heavy atom. The minimum Gasteiger partial charge on any atom is -0.454 e. The van der Waals surface area contributed by atoms with Crippen molar-refractivity contribution in [1.82, 2.24) is 9.97 Å². The highest BCUT2D eigenvalue weighted by Crippen LogP contribution is 2.36. The molecule has 1 aromatic heterocycles. The van der Waals surface area contributed by atoms with Gasteiger partial charge < -0.3 is 20.1 Å². The van der Waals surface area contributed by atoms with Gasteiger partial charge in [0.25, 0.3) is 0 Å². The number of imidazole rings is 1.